The van der Waals surface area contributed by atoms with Crippen LogP contribution < -0.4 is 10.6 Å². The number of alkyl halides is 3. The average molecular weight is 358 g/mol. The van der Waals surface area contributed by atoms with Crippen molar-refractivity contribution in [2.24, 2.45) is 0 Å². The van der Waals surface area contributed by atoms with E-state index in [-0.39, 0.29) is 16.3 Å². The monoisotopic (exact) mass is 357 g/mol. The van der Waals surface area contributed by atoms with Crippen molar-refractivity contribution in [2.75, 3.05) is 17.2 Å². The van der Waals surface area contributed by atoms with Gasteiger partial charge in [0.1, 0.15) is 5.82 Å². The average Bonchev–Trinajstić information content (AvgIpc) is 2.54. The highest BCUT2D eigenvalue weighted by molar-refractivity contribution is 6.30. The van der Waals surface area contributed by atoms with E-state index in [0.717, 1.165) is 18.6 Å². The number of hydrogen-bond acceptors (Lipinski definition) is 3. The summed E-state index contributed by atoms with van der Waals surface area (Å²) in [6.45, 7) is 2.65. The largest absolute Gasteiger partial charge is 0.418 e. The Kier molecular flexibility index (Phi) is 5.66. The van der Waals surface area contributed by atoms with E-state index in [4.69, 9.17) is 11.6 Å². The van der Waals surface area contributed by atoms with Crippen LogP contribution in [0.3, 0.4) is 0 Å². The van der Waals surface area contributed by atoms with Crippen molar-refractivity contribution in [3.63, 3.8) is 0 Å². The Labute approximate surface area is 142 Å². The third kappa shape index (κ3) is 4.61. The molecule has 1 aromatic carbocycles. The number of aromatic nitrogens is 1. The van der Waals surface area contributed by atoms with E-state index in [1.165, 1.54) is 24.4 Å². The molecule has 24 heavy (non-hydrogen) atoms. The van der Waals surface area contributed by atoms with Crippen LogP contribution >= 0.6 is 11.6 Å². The Balaban J connectivity index is 2.24. The van der Waals surface area contributed by atoms with Crippen molar-refractivity contribution >= 4 is 29.0 Å². The second kappa shape index (κ2) is 7.53. The van der Waals surface area contributed by atoms with Gasteiger partial charge in [0.05, 0.1) is 11.3 Å². The zero-order valence-corrected chi connectivity index (χ0v) is 13.5. The van der Waals surface area contributed by atoms with Crippen LogP contribution in [0.15, 0.2) is 36.5 Å². The molecule has 0 atom stereocenters. The number of pyridine rings is 1. The lowest BCUT2D eigenvalue weighted by Gasteiger charge is -2.14. The first kappa shape index (κ1) is 18.1. The fourth-order valence-electron chi connectivity index (χ4n) is 1.98. The van der Waals surface area contributed by atoms with Crippen molar-refractivity contribution < 1.29 is 18.0 Å². The lowest BCUT2D eigenvalue weighted by atomic mass is 10.1. The molecule has 0 fully saturated rings. The Bertz CT molecular complexity index is 735. The third-order valence-electron chi connectivity index (χ3n) is 3.11. The van der Waals surface area contributed by atoms with Crippen LogP contribution in [0.4, 0.5) is 24.7 Å². The van der Waals surface area contributed by atoms with E-state index in [1.54, 1.807) is 0 Å². The van der Waals surface area contributed by atoms with Crippen LogP contribution in [-0.4, -0.2) is 17.4 Å². The third-order valence-corrected chi connectivity index (χ3v) is 3.35. The summed E-state index contributed by atoms with van der Waals surface area (Å²) in [6, 6.07) is 6.09. The molecule has 8 heteroatoms. The highest BCUT2D eigenvalue weighted by atomic mass is 35.5. The molecule has 0 aliphatic heterocycles. The fourth-order valence-corrected chi connectivity index (χ4v) is 2.15. The van der Waals surface area contributed by atoms with E-state index in [0.29, 0.717) is 12.4 Å². The normalized spacial score (nSPS) is 11.2. The molecule has 1 heterocycles. The first-order chi connectivity index (χ1) is 11.3. The van der Waals surface area contributed by atoms with Gasteiger partial charge >= 0.3 is 6.18 Å². The van der Waals surface area contributed by atoms with Gasteiger partial charge in [-0.15, -0.1) is 0 Å². The Morgan fingerprint density at radius 3 is 2.67 bits per heavy atom. The predicted molar refractivity (Wildman–Crippen MR) is 87.4 cm³/mol. The number of nitrogens with zero attached hydrogens (tertiary/aromatic N) is 1. The number of carbonyl (C=O) groups excluding carboxylic acids is 1. The van der Waals surface area contributed by atoms with Gasteiger partial charge in [-0.1, -0.05) is 18.5 Å². The van der Waals surface area contributed by atoms with Crippen LogP contribution in [0.5, 0.6) is 0 Å². The lowest BCUT2D eigenvalue weighted by Crippen LogP contribution is -2.17. The molecule has 2 N–H and O–H groups in total. The van der Waals surface area contributed by atoms with Gasteiger partial charge in [0, 0.05) is 23.3 Å². The molecular formula is C16H15ClF3N3O. The zero-order chi connectivity index (χ0) is 17.7. The van der Waals surface area contributed by atoms with Gasteiger partial charge in [0.2, 0.25) is 0 Å². The Morgan fingerprint density at radius 2 is 2.00 bits per heavy atom. The van der Waals surface area contributed by atoms with Gasteiger partial charge < -0.3 is 10.6 Å². The SMILES string of the molecule is CCCNc1cc(C(=O)Nc2ccc(Cl)cc2C(F)(F)F)ccn1. The lowest BCUT2D eigenvalue weighted by molar-refractivity contribution is -0.136. The van der Waals surface area contributed by atoms with Gasteiger partial charge in [-0.05, 0) is 36.8 Å². The Hall–Kier alpha value is -2.28. The van der Waals surface area contributed by atoms with Gasteiger partial charge in [0.25, 0.3) is 5.91 Å². The number of amides is 1. The molecule has 0 saturated heterocycles. The molecule has 1 amide bonds. The highest BCUT2D eigenvalue weighted by Gasteiger charge is 2.34. The molecule has 0 radical (unpaired) electrons. The first-order valence-electron chi connectivity index (χ1n) is 7.19. The molecule has 4 nitrogen and oxygen atoms in total. The minimum atomic E-state index is -4.63. The zero-order valence-electron chi connectivity index (χ0n) is 12.7. The van der Waals surface area contributed by atoms with Crippen molar-refractivity contribution in [1.29, 1.82) is 0 Å². The summed E-state index contributed by atoms with van der Waals surface area (Å²) in [7, 11) is 0. The maximum absolute atomic E-state index is 13.1. The number of carbonyl (C=O) groups is 1. The summed E-state index contributed by atoms with van der Waals surface area (Å²) in [5.41, 5.74) is -1.15. The van der Waals surface area contributed by atoms with E-state index in [2.05, 4.69) is 15.6 Å². The van der Waals surface area contributed by atoms with E-state index < -0.39 is 17.6 Å². The quantitative estimate of drug-likeness (QED) is 0.806. The summed E-state index contributed by atoms with van der Waals surface area (Å²) in [5, 5.41) is 5.22. The number of benzene rings is 1. The first-order valence-corrected chi connectivity index (χ1v) is 7.57. The van der Waals surface area contributed by atoms with Gasteiger partial charge in [-0.2, -0.15) is 13.2 Å². The van der Waals surface area contributed by atoms with Crippen LogP contribution in [0.1, 0.15) is 29.3 Å². The molecular weight excluding hydrogens is 343 g/mol. The molecule has 2 aromatic rings. The van der Waals surface area contributed by atoms with E-state index in [1.807, 2.05) is 6.92 Å². The summed E-state index contributed by atoms with van der Waals surface area (Å²) in [4.78, 5) is 16.3. The van der Waals surface area contributed by atoms with Crippen LogP contribution in [0.25, 0.3) is 0 Å². The highest BCUT2D eigenvalue weighted by Crippen LogP contribution is 2.36. The number of rotatable bonds is 5. The molecule has 2 rings (SSSR count). The van der Waals surface area contributed by atoms with Gasteiger partial charge in [-0.25, -0.2) is 4.98 Å². The topological polar surface area (TPSA) is 54.0 Å². The number of hydrogen-bond donors (Lipinski definition) is 2. The van der Waals surface area contributed by atoms with Crippen molar-refractivity contribution in [3.05, 3.63) is 52.7 Å². The van der Waals surface area contributed by atoms with Crippen molar-refractivity contribution in [2.45, 2.75) is 19.5 Å². The van der Waals surface area contributed by atoms with Crippen molar-refractivity contribution in [1.82, 2.24) is 4.98 Å². The number of halogens is 4. The number of nitrogens with one attached hydrogen (secondary N) is 2. The molecule has 0 aliphatic rings. The smallest absolute Gasteiger partial charge is 0.370 e. The molecule has 0 spiro atoms. The van der Waals surface area contributed by atoms with Crippen LogP contribution in [0.2, 0.25) is 5.02 Å². The summed E-state index contributed by atoms with van der Waals surface area (Å²) in [5.74, 6) is -0.179. The van der Waals surface area contributed by atoms with Crippen LogP contribution in [0, 0.1) is 0 Å². The molecule has 0 saturated carbocycles. The van der Waals surface area contributed by atoms with Crippen molar-refractivity contribution in [3.8, 4) is 0 Å². The number of anilines is 2. The molecule has 0 unspecified atom stereocenters. The second-order valence-corrected chi connectivity index (χ2v) is 5.43. The van der Waals surface area contributed by atoms with Gasteiger partial charge in [-0.3, -0.25) is 4.79 Å². The predicted octanol–water partition coefficient (Wildman–Crippen LogP) is 4.83. The minimum absolute atomic E-state index is 0.0599. The second-order valence-electron chi connectivity index (χ2n) is 5.00. The van der Waals surface area contributed by atoms with Gasteiger partial charge in [0.15, 0.2) is 0 Å². The molecule has 0 bridgehead atoms. The molecule has 128 valence electrons. The van der Waals surface area contributed by atoms with Crippen LogP contribution in [-0.2, 0) is 6.18 Å². The maximum atomic E-state index is 13.1. The Morgan fingerprint density at radius 1 is 1.25 bits per heavy atom. The summed E-state index contributed by atoms with van der Waals surface area (Å²) in [6.07, 6.45) is -2.34. The molecule has 1 aromatic heterocycles. The standard InChI is InChI=1S/C16H15ClF3N3O/c1-2-6-21-14-8-10(5-7-22-14)15(24)23-13-4-3-11(17)9-12(13)16(18,19)20/h3-5,7-9H,2,6H2,1H3,(H,21,22)(H,23,24). The summed E-state index contributed by atoms with van der Waals surface area (Å²) >= 11 is 5.62. The summed E-state index contributed by atoms with van der Waals surface area (Å²) < 4.78 is 39.2. The van der Waals surface area contributed by atoms with E-state index >= 15 is 0 Å². The molecule has 0 aliphatic carbocycles. The fraction of sp³-hybridized carbons (Fsp3) is 0.250. The maximum Gasteiger partial charge on any atom is 0.418 e. The van der Waals surface area contributed by atoms with E-state index in [9.17, 15) is 18.0 Å². The minimum Gasteiger partial charge on any atom is -0.370 e.